The molecule has 1 amide bonds. The average molecular weight is 450 g/mol. The molecular formula is C22H28ClN3O3S. The van der Waals surface area contributed by atoms with Crippen molar-refractivity contribution < 1.29 is 13.2 Å². The van der Waals surface area contributed by atoms with E-state index in [1.165, 1.54) is 4.31 Å². The van der Waals surface area contributed by atoms with Crippen LogP contribution in [-0.2, 0) is 14.8 Å². The van der Waals surface area contributed by atoms with Crippen molar-refractivity contribution in [3.63, 3.8) is 0 Å². The van der Waals surface area contributed by atoms with E-state index in [1.807, 2.05) is 49.1 Å². The highest BCUT2D eigenvalue weighted by molar-refractivity contribution is 7.89. The number of amides is 1. The molecule has 1 heterocycles. The average Bonchev–Trinajstić information content (AvgIpc) is 2.94. The Kier molecular flexibility index (Phi) is 7.52. The topological polar surface area (TPSA) is 69.7 Å². The number of hydrogen-bond acceptors (Lipinski definition) is 4. The third-order valence-corrected chi connectivity index (χ3v) is 7.58. The number of aryl methyl sites for hydroxylation is 1. The van der Waals surface area contributed by atoms with Crippen molar-refractivity contribution in [2.75, 3.05) is 32.7 Å². The van der Waals surface area contributed by atoms with Crippen LogP contribution in [0.15, 0.2) is 53.4 Å². The van der Waals surface area contributed by atoms with Crippen LogP contribution in [-0.4, -0.2) is 56.3 Å². The third-order valence-electron chi connectivity index (χ3n) is 5.32. The molecule has 162 valence electrons. The predicted molar refractivity (Wildman–Crippen MR) is 119 cm³/mol. The van der Waals surface area contributed by atoms with Crippen LogP contribution in [0.4, 0.5) is 0 Å². The minimum absolute atomic E-state index is 0.0998. The van der Waals surface area contributed by atoms with E-state index < -0.39 is 10.0 Å². The molecule has 1 fully saturated rings. The molecule has 1 N–H and O–H groups in total. The highest BCUT2D eigenvalue weighted by Gasteiger charge is 2.27. The molecule has 0 bridgehead atoms. The Morgan fingerprint density at radius 3 is 2.47 bits per heavy atom. The van der Waals surface area contributed by atoms with Gasteiger partial charge >= 0.3 is 0 Å². The lowest BCUT2D eigenvalue weighted by molar-refractivity contribution is -0.122. The van der Waals surface area contributed by atoms with Crippen molar-refractivity contribution in [3.8, 4) is 0 Å². The molecule has 8 heteroatoms. The van der Waals surface area contributed by atoms with Crippen LogP contribution in [0.5, 0.6) is 0 Å². The maximum atomic E-state index is 12.9. The number of carbonyl (C=O) groups excluding carboxylic acids is 1. The molecular weight excluding hydrogens is 422 g/mol. The van der Waals surface area contributed by atoms with Crippen LogP contribution in [0.3, 0.4) is 0 Å². The summed E-state index contributed by atoms with van der Waals surface area (Å²) in [5.74, 6) is -0.0998. The number of benzene rings is 2. The van der Waals surface area contributed by atoms with Crippen LogP contribution < -0.4 is 5.32 Å². The van der Waals surface area contributed by atoms with E-state index in [9.17, 15) is 13.2 Å². The number of nitrogens with zero attached hydrogens (tertiary/aromatic N) is 2. The second-order valence-corrected chi connectivity index (χ2v) is 10.0. The number of sulfonamides is 1. The Balaban J connectivity index is 1.56. The van der Waals surface area contributed by atoms with Crippen molar-refractivity contribution >= 4 is 27.5 Å². The first kappa shape index (κ1) is 22.7. The normalized spacial score (nSPS) is 17.3. The Labute approximate surface area is 183 Å². The van der Waals surface area contributed by atoms with E-state index in [-0.39, 0.29) is 18.5 Å². The Bertz CT molecular complexity index is 979. The van der Waals surface area contributed by atoms with Crippen LogP contribution in [0, 0.1) is 6.92 Å². The first-order valence-electron chi connectivity index (χ1n) is 10.1. The summed E-state index contributed by atoms with van der Waals surface area (Å²) in [5, 5.41) is 3.60. The largest absolute Gasteiger partial charge is 0.348 e. The van der Waals surface area contributed by atoms with Gasteiger partial charge in [0.15, 0.2) is 0 Å². The molecule has 0 aliphatic carbocycles. The van der Waals surface area contributed by atoms with Crippen molar-refractivity contribution in [1.82, 2.24) is 14.5 Å². The Hall–Kier alpha value is -1.93. The molecule has 30 heavy (non-hydrogen) atoms. The van der Waals surface area contributed by atoms with Gasteiger partial charge in [0.2, 0.25) is 15.9 Å². The first-order valence-corrected chi connectivity index (χ1v) is 11.9. The zero-order chi connectivity index (χ0) is 21.7. The van der Waals surface area contributed by atoms with E-state index in [0.717, 1.165) is 11.1 Å². The van der Waals surface area contributed by atoms with Gasteiger partial charge in [-0.1, -0.05) is 47.5 Å². The fourth-order valence-corrected chi connectivity index (χ4v) is 5.37. The molecule has 1 aliphatic heterocycles. The van der Waals surface area contributed by atoms with Gasteiger partial charge in [-0.15, -0.1) is 0 Å². The summed E-state index contributed by atoms with van der Waals surface area (Å²) in [6.07, 6.45) is 0.679. The fraction of sp³-hybridized carbons (Fsp3) is 0.409. The number of rotatable bonds is 6. The molecule has 0 spiro atoms. The fourth-order valence-electron chi connectivity index (χ4n) is 3.60. The first-order chi connectivity index (χ1) is 14.3. The molecule has 2 aromatic carbocycles. The summed E-state index contributed by atoms with van der Waals surface area (Å²) in [6, 6.07) is 14.2. The van der Waals surface area contributed by atoms with Crippen LogP contribution in [0.1, 0.15) is 30.5 Å². The van der Waals surface area contributed by atoms with Crippen LogP contribution >= 0.6 is 11.6 Å². The lowest BCUT2D eigenvalue weighted by atomic mass is 10.1. The molecule has 6 nitrogen and oxygen atoms in total. The van der Waals surface area contributed by atoms with E-state index in [1.54, 1.807) is 18.2 Å². The molecule has 1 aliphatic rings. The Morgan fingerprint density at radius 1 is 1.07 bits per heavy atom. The summed E-state index contributed by atoms with van der Waals surface area (Å²) < 4.78 is 27.4. The number of hydrogen-bond donors (Lipinski definition) is 1. The van der Waals surface area contributed by atoms with Crippen LogP contribution in [0.25, 0.3) is 0 Å². The van der Waals surface area contributed by atoms with Gasteiger partial charge in [-0.3, -0.25) is 9.69 Å². The quantitative estimate of drug-likeness (QED) is 0.735. The van der Waals surface area contributed by atoms with E-state index >= 15 is 0 Å². The summed E-state index contributed by atoms with van der Waals surface area (Å²) in [6.45, 7) is 6.06. The van der Waals surface area contributed by atoms with Crippen molar-refractivity contribution in [2.45, 2.75) is 31.2 Å². The molecule has 0 aromatic heterocycles. The van der Waals surface area contributed by atoms with E-state index in [2.05, 4.69) is 5.32 Å². The molecule has 1 atom stereocenters. The van der Waals surface area contributed by atoms with E-state index in [0.29, 0.717) is 42.5 Å². The van der Waals surface area contributed by atoms with Gasteiger partial charge < -0.3 is 5.32 Å². The number of halogens is 1. The molecule has 2 aromatic rings. The van der Waals surface area contributed by atoms with Crippen molar-refractivity contribution in [1.29, 1.82) is 0 Å². The molecule has 3 rings (SSSR count). The van der Waals surface area contributed by atoms with Crippen molar-refractivity contribution in [3.05, 3.63) is 64.7 Å². The summed E-state index contributed by atoms with van der Waals surface area (Å²) in [4.78, 5) is 14.8. The summed E-state index contributed by atoms with van der Waals surface area (Å²) in [5.41, 5.74) is 1.90. The standard InChI is InChI=1S/C22H28ClN3O3S/c1-17-8-10-19(11-9-17)30(28,29)26-13-5-12-25(14-15-26)16-22(27)24-18(2)20-6-3-4-7-21(20)23/h3-4,6-11,18H,5,12-16H2,1-2H3,(H,24,27)/t18-/m0/s1. The van der Waals surface area contributed by atoms with Gasteiger partial charge in [0, 0.05) is 24.7 Å². The van der Waals surface area contributed by atoms with E-state index in [4.69, 9.17) is 11.6 Å². The lowest BCUT2D eigenvalue weighted by Crippen LogP contribution is -2.40. The second-order valence-electron chi connectivity index (χ2n) is 7.66. The zero-order valence-corrected chi connectivity index (χ0v) is 18.9. The summed E-state index contributed by atoms with van der Waals surface area (Å²) >= 11 is 6.21. The second kappa shape index (κ2) is 9.92. The van der Waals surface area contributed by atoms with Gasteiger partial charge in [0.25, 0.3) is 0 Å². The monoisotopic (exact) mass is 449 g/mol. The molecule has 0 radical (unpaired) electrons. The highest BCUT2D eigenvalue weighted by atomic mass is 35.5. The van der Waals surface area contributed by atoms with Gasteiger partial charge in [-0.05, 0) is 50.6 Å². The smallest absolute Gasteiger partial charge is 0.243 e. The van der Waals surface area contributed by atoms with Gasteiger partial charge in [0.05, 0.1) is 17.5 Å². The van der Waals surface area contributed by atoms with Gasteiger partial charge in [-0.25, -0.2) is 8.42 Å². The highest BCUT2D eigenvalue weighted by Crippen LogP contribution is 2.22. The van der Waals surface area contributed by atoms with Crippen LogP contribution in [0.2, 0.25) is 5.02 Å². The maximum absolute atomic E-state index is 12.9. The van der Waals surface area contributed by atoms with Gasteiger partial charge in [0.1, 0.15) is 0 Å². The maximum Gasteiger partial charge on any atom is 0.243 e. The zero-order valence-electron chi connectivity index (χ0n) is 17.3. The number of nitrogens with one attached hydrogen (secondary N) is 1. The minimum atomic E-state index is -3.52. The molecule has 1 saturated heterocycles. The summed E-state index contributed by atoms with van der Waals surface area (Å²) in [7, 11) is -3.52. The van der Waals surface area contributed by atoms with Crippen molar-refractivity contribution in [2.24, 2.45) is 0 Å². The lowest BCUT2D eigenvalue weighted by Gasteiger charge is -2.22. The number of carbonyl (C=O) groups is 1. The van der Waals surface area contributed by atoms with Gasteiger partial charge in [-0.2, -0.15) is 4.31 Å². The Morgan fingerprint density at radius 2 is 1.77 bits per heavy atom. The molecule has 0 saturated carbocycles. The minimum Gasteiger partial charge on any atom is -0.348 e. The molecule has 0 unspecified atom stereocenters. The SMILES string of the molecule is Cc1ccc(S(=O)(=O)N2CCCN(CC(=O)N[C@@H](C)c3ccccc3Cl)CC2)cc1. The third kappa shape index (κ3) is 5.60. The predicted octanol–water partition coefficient (Wildman–Crippen LogP) is 3.22.